The summed E-state index contributed by atoms with van der Waals surface area (Å²) in [6.45, 7) is 1.66. The summed E-state index contributed by atoms with van der Waals surface area (Å²) in [5.41, 5.74) is 1.42. The second kappa shape index (κ2) is 10.9. The van der Waals surface area contributed by atoms with Gasteiger partial charge in [-0.1, -0.05) is 24.3 Å². The highest BCUT2D eigenvalue weighted by Gasteiger charge is 2.23. The number of anilines is 1. The predicted octanol–water partition coefficient (Wildman–Crippen LogP) is 2.94. The highest BCUT2D eigenvalue weighted by Crippen LogP contribution is 2.26. The Kier molecular flexibility index (Phi) is 8.30. The number of esters is 1. The van der Waals surface area contributed by atoms with Gasteiger partial charge in [0.05, 0.1) is 7.11 Å². The molecule has 6 nitrogen and oxygen atoms in total. The van der Waals surface area contributed by atoms with Gasteiger partial charge >= 0.3 is 5.97 Å². The smallest absolute Gasteiger partial charge is 0.328 e. The third-order valence-corrected chi connectivity index (χ3v) is 6.30. The van der Waals surface area contributed by atoms with Crippen LogP contribution >= 0.6 is 24.4 Å². The van der Waals surface area contributed by atoms with E-state index < -0.39 is 12.0 Å². The molecule has 30 heavy (non-hydrogen) atoms. The Hall–Kier alpha value is -1.90. The van der Waals surface area contributed by atoms with Gasteiger partial charge < -0.3 is 20.7 Å². The van der Waals surface area contributed by atoms with Crippen LogP contribution in [0.5, 0.6) is 0 Å². The minimum Gasteiger partial charge on any atom is -0.467 e. The molecule has 162 valence electrons. The first kappa shape index (κ1) is 22.8. The van der Waals surface area contributed by atoms with Crippen LogP contribution in [0.15, 0.2) is 36.4 Å². The summed E-state index contributed by atoms with van der Waals surface area (Å²) < 4.78 is 4.86. The summed E-state index contributed by atoms with van der Waals surface area (Å²) in [5.74, 6) is 0.0466. The molecular formula is C22H29N3O3S2. The predicted molar refractivity (Wildman–Crippen MR) is 128 cm³/mol. The summed E-state index contributed by atoms with van der Waals surface area (Å²) in [6, 6.07) is 11.4. The van der Waals surface area contributed by atoms with Crippen LogP contribution < -0.4 is 16.0 Å². The molecule has 1 fully saturated rings. The van der Waals surface area contributed by atoms with Crippen LogP contribution in [0.1, 0.15) is 23.2 Å². The van der Waals surface area contributed by atoms with Gasteiger partial charge in [-0.3, -0.25) is 4.79 Å². The maximum Gasteiger partial charge on any atom is 0.328 e. The van der Waals surface area contributed by atoms with Crippen LogP contribution in [0.3, 0.4) is 0 Å². The molecule has 1 heterocycles. The van der Waals surface area contributed by atoms with E-state index >= 15 is 0 Å². The molecule has 0 bridgehead atoms. The first-order valence-corrected chi connectivity index (χ1v) is 12.0. The van der Waals surface area contributed by atoms with Gasteiger partial charge in [0.1, 0.15) is 6.04 Å². The Labute approximate surface area is 187 Å². The summed E-state index contributed by atoms with van der Waals surface area (Å²) in [4.78, 5) is 25.0. The maximum absolute atomic E-state index is 13.0. The molecule has 2 aromatic rings. The lowest BCUT2D eigenvalue weighted by atomic mass is 10.0. The third-order valence-electron chi connectivity index (χ3n) is 5.26. The zero-order valence-electron chi connectivity index (χ0n) is 17.3. The van der Waals surface area contributed by atoms with E-state index in [0.29, 0.717) is 23.3 Å². The van der Waals surface area contributed by atoms with Crippen molar-refractivity contribution in [3.8, 4) is 0 Å². The number of thiol groups is 1. The van der Waals surface area contributed by atoms with Crippen LogP contribution in [-0.2, 0) is 9.53 Å². The maximum atomic E-state index is 13.0. The van der Waals surface area contributed by atoms with E-state index in [2.05, 4.69) is 28.6 Å². The molecule has 0 radical (unpaired) electrons. The largest absolute Gasteiger partial charge is 0.467 e. The molecule has 1 aliphatic rings. The van der Waals surface area contributed by atoms with Gasteiger partial charge in [-0.25, -0.2) is 4.79 Å². The van der Waals surface area contributed by atoms with E-state index in [0.717, 1.165) is 41.7 Å². The number of nitrogens with one attached hydrogen (secondary N) is 3. The lowest BCUT2D eigenvalue weighted by molar-refractivity contribution is -0.142. The fourth-order valence-corrected chi connectivity index (χ4v) is 4.47. The van der Waals surface area contributed by atoms with Crippen molar-refractivity contribution < 1.29 is 14.3 Å². The van der Waals surface area contributed by atoms with Gasteiger partial charge in [-0.05, 0) is 42.4 Å². The number of amides is 1. The topological polar surface area (TPSA) is 79.5 Å². The second-order valence-corrected chi connectivity index (χ2v) is 9.17. The van der Waals surface area contributed by atoms with E-state index in [-0.39, 0.29) is 5.91 Å². The number of thioether (sulfide) groups is 1. The third kappa shape index (κ3) is 5.83. The van der Waals surface area contributed by atoms with E-state index in [1.54, 1.807) is 11.8 Å². The van der Waals surface area contributed by atoms with Crippen LogP contribution in [-0.4, -0.2) is 61.4 Å². The fourth-order valence-electron chi connectivity index (χ4n) is 3.64. The van der Waals surface area contributed by atoms with Gasteiger partial charge in [-0.2, -0.15) is 24.4 Å². The lowest BCUT2D eigenvalue weighted by Gasteiger charge is -2.18. The standard InChI is InChI=1S/C22H29N3O3S2/c1-28-22(27)19(7-8-30-2)25-21(26)15-9-14-5-3-4-6-18(14)20(10-15)24-12-16-11-17(29)13-23-16/h3-6,9-10,16-17,19,23-24,29H,7-8,11-13H2,1-2H3,(H,25,26)/t16-,17-,19-/m0/s1. The van der Waals surface area contributed by atoms with Gasteiger partial charge in [0.15, 0.2) is 0 Å². The molecule has 1 aliphatic heterocycles. The first-order valence-electron chi connectivity index (χ1n) is 10.1. The summed E-state index contributed by atoms with van der Waals surface area (Å²) >= 11 is 6.16. The molecule has 1 saturated heterocycles. The van der Waals surface area contributed by atoms with Crippen LogP contribution in [0, 0.1) is 0 Å². The number of ether oxygens (including phenoxy) is 1. The number of carbonyl (C=O) groups excluding carboxylic acids is 2. The molecule has 0 saturated carbocycles. The first-order chi connectivity index (χ1) is 14.5. The SMILES string of the molecule is COC(=O)[C@H](CCSC)NC(=O)c1cc(NC[C@@H]2C[C@H](S)CN2)c2ccccc2c1. The quantitative estimate of drug-likeness (QED) is 0.350. The van der Waals surface area contributed by atoms with Crippen LogP contribution in [0.2, 0.25) is 0 Å². The zero-order valence-corrected chi connectivity index (χ0v) is 19.0. The Bertz CT molecular complexity index is 893. The van der Waals surface area contributed by atoms with Crippen molar-refractivity contribution in [2.24, 2.45) is 0 Å². The van der Waals surface area contributed by atoms with Crippen molar-refractivity contribution in [2.45, 2.75) is 30.2 Å². The summed E-state index contributed by atoms with van der Waals surface area (Å²) in [7, 11) is 1.34. The van der Waals surface area contributed by atoms with Crippen molar-refractivity contribution in [2.75, 3.05) is 37.5 Å². The average molecular weight is 448 g/mol. The number of methoxy groups -OCH3 is 1. The molecule has 0 aromatic heterocycles. The Morgan fingerprint density at radius 1 is 1.33 bits per heavy atom. The van der Waals surface area contributed by atoms with Gasteiger partial charge in [0.2, 0.25) is 0 Å². The van der Waals surface area contributed by atoms with E-state index in [1.165, 1.54) is 7.11 Å². The number of rotatable bonds is 9. The fraction of sp³-hybridized carbons (Fsp3) is 0.455. The molecular weight excluding hydrogens is 418 g/mol. The molecule has 2 aromatic carbocycles. The van der Waals surface area contributed by atoms with Crippen molar-refractivity contribution in [3.05, 3.63) is 42.0 Å². The van der Waals surface area contributed by atoms with Gasteiger partial charge in [0, 0.05) is 41.0 Å². The molecule has 0 spiro atoms. The molecule has 1 amide bonds. The zero-order chi connectivity index (χ0) is 21.5. The minimum atomic E-state index is -0.659. The van der Waals surface area contributed by atoms with Gasteiger partial charge in [-0.15, -0.1) is 0 Å². The van der Waals surface area contributed by atoms with Crippen LogP contribution in [0.4, 0.5) is 5.69 Å². The number of benzene rings is 2. The minimum absolute atomic E-state index is 0.283. The Morgan fingerprint density at radius 2 is 2.13 bits per heavy atom. The van der Waals surface area contributed by atoms with Crippen molar-refractivity contribution in [1.82, 2.24) is 10.6 Å². The number of carbonyl (C=O) groups is 2. The normalized spacial score (nSPS) is 19.4. The highest BCUT2D eigenvalue weighted by atomic mass is 32.2. The average Bonchev–Trinajstić information content (AvgIpc) is 3.19. The van der Waals surface area contributed by atoms with E-state index in [9.17, 15) is 9.59 Å². The number of hydrogen-bond donors (Lipinski definition) is 4. The summed E-state index contributed by atoms with van der Waals surface area (Å²) in [6.07, 6.45) is 3.49. The monoisotopic (exact) mass is 447 g/mol. The lowest BCUT2D eigenvalue weighted by Crippen LogP contribution is -2.42. The summed E-state index contributed by atoms with van der Waals surface area (Å²) in [5, 5.41) is 12.2. The molecule has 3 N–H and O–H groups in total. The molecule has 8 heteroatoms. The van der Waals surface area contributed by atoms with Crippen molar-refractivity contribution >= 4 is 52.7 Å². The second-order valence-electron chi connectivity index (χ2n) is 7.45. The molecule has 0 aliphatic carbocycles. The number of hydrogen-bond acceptors (Lipinski definition) is 7. The molecule has 0 unspecified atom stereocenters. The highest BCUT2D eigenvalue weighted by molar-refractivity contribution is 7.98. The van der Waals surface area contributed by atoms with E-state index in [1.807, 2.05) is 42.7 Å². The van der Waals surface area contributed by atoms with Crippen molar-refractivity contribution in [1.29, 1.82) is 0 Å². The number of fused-ring (bicyclic) bond motifs is 1. The molecule has 3 rings (SSSR count). The Morgan fingerprint density at radius 3 is 2.83 bits per heavy atom. The van der Waals surface area contributed by atoms with Crippen molar-refractivity contribution in [3.63, 3.8) is 0 Å². The van der Waals surface area contributed by atoms with Gasteiger partial charge in [0.25, 0.3) is 5.91 Å². The van der Waals surface area contributed by atoms with Crippen LogP contribution in [0.25, 0.3) is 10.8 Å². The molecule has 3 atom stereocenters. The Balaban J connectivity index is 1.80. The van der Waals surface area contributed by atoms with E-state index in [4.69, 9.17) is 4.74 Å².